The Morgan fingerprint density at radius 2 is 2.19 bits per heavy atom. The lowest BCUT2D eigenvalue weighted by atomic mass is 10.0. The number of nitrogens with one attached hydrogen (secondary N) is 2. The normalized spacial score (nSPS) is 22.3. The molecule has 0 aromatic heterocycles. The Bertz CT molecular complexity index is 504. The Labute approximate surface area is 130 Å². The first kappa shape index (κ1) is 14.8. The largest absolute Gasteiger partial charge is 0.332 e. The van der Waals surface area contributed by atoms with E-state index in [-0.39, 0.29) is 11.9 Å². The lowest BCUT2D eigenvalue weighted by molar-refractivity contribution is -0.133. The zero-order valence-corrected chi connectivity index (χ0v) is 12.9. The number of carbonyl (C=O) groups excluding carboxylic acids is 1. The van der Waals surface area contributed by atoms with E-state index in [1.54, 1.807) is 0 Å². The van der Waals surface area contributed by atoms with Crippen molar-refractivity contribution >= 4 is 17.5 Å². The molecule has 5 heteroatoms. The van der Waals surface area contributed by atoms with E-state index in [2.05, 4.69) is 10.6 Å². The molecule has 1 saturated carbocycles. The summed E-state index contributed by atoms with van der Waals surface area (Å²) in [6.07, 6.45) is 2.61. The summed E-state index contributed by atoms with van der Waals surface area (Å²) in [7, 11) is 0. The predicted molar refractivity (Wildman–Crippen MR) is 84.4 cm³/mol. The van der Waals surface area contributed by atoms with E-state index in [9.17, 15) is 4.79 Å². The first-order valence-electron chi connectivity index (χ1n) is 7.71. The SMILES string of the molecule is O=C(CNCC1CC1)N1CCNCC1c1ccccc1Cl. The molecule has 1 amide bonds. The molecule has 114 valence electrons. The molecule has 1 saturated heterocycles. The van der Waals surface area contributed by atoms with Gasteiger partial charge in [-0.05, 0) is 36.9 Å². The summed E-state index contributed by atoms with van der Waals surface area (Å²) in [4.78, 5) is 14.4. The quantitative estimate of drug-likeness (QED) is 0.872. The molecular weight excluding hydrogens is 286 g/mol. The number of hydrogen-bond acceptors (Lipinski definition) is 3. The highest BCUT2D eigenvalue weighted by molar-refractivity contribution is 6.31. The summed E-state index contributed by atoms with van der Waals surface area (Å²) in [5.74, 6) is 0.960. The first-order valence-corrected chi connectivity index (χ1v) is 8.09. The third kappa shape index (κ3) is 3.76. The number of benzene rings is 1. The van der Waals surface area contributed by atoms with Gasteiger partial charge in [0.1, 0.15) is 0 Å². The van der Waals surface area contributed by atoms with Gasteiger partial charge in [-0.25, -0.2) is 0 Å². The van der Waals surface area contributed by atoms with E-state index in [0.29, 0.717) is 6.54 Å². The molecule has 3 rings (SSSR count). The molecular formula is C16H22ClN3O. The van der Waals surface area contributed by atoms with Gasteiger partial charge in [-0.2, -0.15) is 0 Å². The summed E-state index contributed by atoms with van der Waals surface area (Å²) in [5.41, 5.74) is 1.03. The van der Waals surface area contributed by atoms with Crippen molar-refractivity contribution in [3.8, 4) is 0 Å². The molecule has 1 unspecified atom stereocenters. The van der Waals surface area contributed by atoms with Crippen LogP contribution in [0, 0.1) is 5.92 Å². The maximum Gasteiger partial charge on any atom is 0.237 e. The molecule has 1 aromatic carbocycles. The minimum Gasteiger partial charge on any atom is -0.332 e. The van der Waals surface area contributed by atoms with Gasteiger partial charge in [0.05, 0.1) is 12.6 Å². The first-order chi connectivity index (χ1) is 10.3. The van der Waals surface area contributed by atoms with Gasteiger partial charge in [-0.15, -0.1) is 0 Å². The van der Waals surface area contributed by atoms with E-state index in [1.165, 1.54) is 12.8 Å². The van der Waals surface area contributed by atoms with Crippen LogP contribution in [0.2, 0.25) is 5.02 Å². The predicted octanol–water partition coefficient (Wildman–Crippen LogP) is 1.81. The molecule has 0 radical (unpaired) electrons. The van der Waals surface area contributed by atoms with Gasteiger partial charge in [-0.3, -0.25) is 4.79 Å². The van der Waals surface area contributed by atoms with E-state index >= 15 is 0 Å². The topological polar surface area (TPSA) is 44.4 Å². The lowest BCUT2D eigenvalue weighted by Gasteiger charge is -2.37. The van der Waals surface area contributed by atoms with Crippen LogP contribution in [0.5, 0.6) is 0 Å². The van der Waals surface area contributed by atoms with Crippen molar-refractivity contribution < 1.29 is 4.79 Å². The zero-order chi connectivity index (χ0) is 14.7. The molecule has 21 heavy (non-hydrogen) atoms. The molecule has 2 N–H and O–H groups in total. The Kier molecular flexibility index (Phi) is 4.78. The van der Waals surface area contributed by atoms with Crippen molar-refractivity contribution in [2.24, 2.45) is 5.92 Å². The van der Waals surface area contributed by atoms with Crippen molar-refractivity contribution in [3.05, 3.63) is 34.9 Å². The number of carbonyl (C=O) groups is 1. The minimum atomic E-state index is 0.0303. The van der Waals surface area contributed by atoms with Crippen molar-refractivity contribution in [1.29, 1.82) is 0 Å². The highest BCUT2D eigenvalue weighted by Gasteiger charge is 2.29. The average molecular weight is 308 g/mol. The molecule has 2 aliphatic rings. The van der Waals surface area contributed by atoms with Crippen molar-refractivity contribution in [1.82, 2.24) is 15.5 Å². The molecule has 1 aliphatic carbocycles. The second kappa shape index (κ2) is 6.77. The zero-order valence-electron chi connectivity index (χ0n) is 12.1. The summed E-state index contributed by atoms with van der Waals surface area (Å²) in [6, 6.07) is 7.83. The molecule has 0 spiro atoms. The fraction of sp³-hybridized carbons (Fsp3) is 0.562. The highest BCUT2D eigenvalue weighted by Crippen LogP contribution is 2.29. The fourth-order valence-corrected chi connectivity index (χ4v) is 3.09. The van der Waals surface area contributed by atoms with Crippen LogP contribution < -0.4 is 10.6 Å². The van der Waals surface area contributed by atoms with E-state index in [1.807, 2.05) is 29.2 Å². The molecule has 1 atom stereocenters. The molecule has 0 bridgehead atoms. The highest BCUT2D eigenvalue weighted by atomic mass is 35.5. The van der Waals surface area contributed by atoms with E-state index in [4.69, 9.17) is 11.6 Å². The van der Waals surface area contributed by atoms with Gasteiger partial charge in [0, 0.05) is 24.7 Å². The third-order valence-corrected chi connectivity index (χ3v) is 4.58. The van der Waals surface area contributed by atoms with Crippen molar-refractivity contribution in [2.75, 3.05) is 32.7 Å². The second-order valence-corrected chi connectivity index (χ2v) is 6.31. The van der Waals surface area contributed by atoms with Gasteiger partial charge in [0.15, 0.2) is 0 Å². The number of piperazine rings is 1. The van der Waals surface area contributed by atoms with Crippen LogP contribution in [-0.2, 0) is 4.79 Å². The molecule has 1 aliphatic heterocycles. The average Bonchev–Trinajstić information content (AvgIpc) is 3.32. The summed E-state index contributed by atoms with van der Waals surface area (Å²) >= 11 is 6.30. The Hall–Kier alpha value is -1.10. The van der Waals surface area contributed by atoms with E-state index < -0.39 is 0 Å². The van der Waals surface area contributed by atoms with Crippen molar-refractivity contribution in [3.63, 3.8) is 0 Å². The number of amides is 1. The van der Waals surface area contributed by atoms with Crippen LogP contribution >= 0.6 is 11.6 Å². The Morgan fingerprint density at radius 3 is 2.95 bits per heavy atom. The maximum atomic E-state index is 12.5. The summed E-state index contributed by atoms with van der Waals surface area (Å²) in [5, 5.41) is 7.37. The minimum absolute atomic E-state index is 0.0303. The number of hydrogen-bond donors (Lipinski definition) is 2. The molecule has 1 aromatic rings. The smallest absolute Gasteiger partial charge is 0.237 e. The van der Waals surface area contributed by atoms with Crippen LogP contribution in [0.25, 0.3) is 0 Å². The number of halogens is 1. The van der Waals surface area contributed by atoms with Crippen LogP contribution in [0.1, 0.15) is 24.4 Å². The number of rotatable bonds is 5. The Morgan fingerprint density at radius 1 is 1.38 bits per heavy atom. The van der Waals surface area contributed by atoms with Crippen LogP contribution in [-0.4, -0.2) is 43.5 Å². The second-order valence-electron chi connectivity index (χ2n) is 5.90. The Balaban J connectivity index is 1.65. The molecule has 2 fully saturated rings. The van der Waals surface area contributed by atoms with Gasteiger partial charge in [0.2, 0.25) is 5.91 Å². The summed E-state index contributed by atoms with van der Waals surface area (Å²) in [6.45, 7) is 3.74. The third-order valence-electron chi connectivity index (χ3n) is 4.23. The molecule has 1 heterocycles. The van der Waals surface area contributed by atoms with Crippen LogP contribution in [0.15, 0.2) is 24.3 Å². The fourth-order valence-electron chi connectivity index (χ4n) is 2.83. The lowest BCUT2D eigenvalue weighted by Crippen LogP contribution is -2.51. The van der Waals surface area contributed by atoms with Gasteiger partial charge < -0.3 is 15.5 Å². The monoisotopic (exact) mass is 307 g/mol. The standard InChI is InChI=1S/C16H22ClN3O/c17-14-4-2-1-3-13(14)15-10-18-7-8-20(15)16(21)11-19-9-12-5-6-12/h1-4,12,15,18-19H,5-11H2. The van der Waals surface area contributed by atoms with Gasteiger partial charge >= 0.3 is 0 Å². The van der Waals surface area contributed by atoms with E-state index in [0.717, 1.165) is 42.7 Å². The van der Waals surface area contributed by atoms with Crippen molar-refractivity contribution in [2.45, 2.75) is 18.9 Å². The number of nitrogens with zero attached hydrogens (tertiary/aromatic N) is 1. The summed E-state index contributed by atoms with van der Waals surface area (Å²) < 4.78 is 0. The molecule has 4 nitrogen and oxygen atoms in total. The van der Waals surface area contributed by atoms with Crippen LogP contribution in [0.4, 0.5) is 0 Å². The van der Waals surface area contributed by atoms with Gasteiger partial charge in [0.25, 0.3) is 0 Å². The van der Waals surface area contributed by atoms with Crippen LogP contribution in [0.3, 0.4) is 0 Å². The van der Waals surface area contributed by atoms with Gasteiger partial charge in [-0.1, -0.05) is 29.8 Å². The maximum absolute atomic E-state index is 12.5.